The molecular formula is C22H32N2O2. The fourth-order valence-electron chi connectivity index (χ4n) is 2.75. The molecule has 4 heteroatoms. The summed E-state index contributed by atoms with van der Waals surface area (Å²) in [5, 5.41) is 0. The minimum absolute atomic E-state index is 0.664. The van der Waals surface area contributed by atoms with Crippen LogP contribution in [0.4, 0.5) is 11.4 Å². The minimum Gasteiger partial charge on any atom is -0.491 e. The fourth-order valence-corrected chi connectivity index (χ4v) is 2.75. The lowest BCUT2D eigenvalue weighted by molar-refractivity contribution is 0.307. The van der Waals surface area contributed by atoms with Crippen LogP contribution in [0.2, 0.25) is 0 Å². The number of hydrogen-bond acceptors (Lipinski definition) is 4. The van der Waals surface area contributed by atoms with Crippen molar-refractivity contribution >= 4 is 11.4 Å². The van der Waals surface area contributed by atoms with Crippen molar-refractivity contribution in [2.45, 2.75) is 52.4 Å². The van der Waals surface area contributed by atoms with Gasteiger partial charge in [0.2, 0.25) is 0 Å². The molecule has 0 bridgehead atoms. The van der Waals surface area contributed by atoms with E-state index in [0.717, 1.165) is 48.3 Å². The Labute approximate surface area is 157 Å². The van der Waals surface area contributed by atoms with Crippen LogP contribution >= 0.6 is 0 Å². The zero-order valence-corrected chi connectivity index (χ0v) is 16.1. The normalized spacial score (nSPS) is 10.7. The van der Waals surface area contributed by atoms with E-state index in [4.69, 9.17) is 20.9 Å². The van der Waals surface area contributed by atoms with Crippen LogP contribution in [-0.2, 0) is 0 Å². The zero-order valence-electron chi connectivity index (χ0n) is 16.1. The average molecular weight is 357 g/mol. The van der Waals surface area contributed by atoms with Crippen LogP contribution < -0.4 is 20.9 Å². The summed E-state index contributed by atoms with van der Waals surface area (Å²) in [4.78, 5) is 0. The van der Waals surface area contributed by atoms with Crippen molar-refractivity contribution in [3.63, 3.8) is 0 Å². The van der Waals surface area contributed by atoms with Gasteiger partial charge in [-0.2, -0.15) is 0 Å². The van der Waals surface area contributed by atoms with Gasteiger partial charge in [-0.25, -0.2) is 0 Å². The standard InChI is InChI=1S/C22H32N2O2/c1-3-5-7-13-25-21-15-17(9-11-19(21)23)18-10-12-20(24)22(16-18)26-14-8-6-4-2/h9-12,15-16H,3-8,13-14,23-24H2,1-2H3. The van der Waals surface area contributed by atoms with Gasteiger partial charge in [-0.3, -0.25) is 0 Å². The molecule has 4 N–H and O–H groups in total. The molecule has 0 radical (unpaired) electrons. The van der Waals surface area contributed by atoms with Crippen molar-refractivity contribution in [3.8, 4) is 22.6 Å². The molecule has 0 spiro atoms. The van der Waals surface area contributed by atoms with E-state index in [1.165, 1.54) is 12.8 Å². The van der Waals surface area contributed by atoms with E-state index in [-0.39, 0.29) is 0 Å². The molecular weight excluding hydrogens is 324 g/mol. The summed E-state index contributed by atoms with van der Waals surface area (Å²) in [6, 6.07) is 11.8. The van der Waals surface area contributed by atoms with Gasteiger partial charge in [0, 0.05) is 0 Å². The van der Waals surface area contributed by atoms with E-state index in [9.17, 15) is 0 Å². The van der Waals surface area contributed by atoms with Crippen LogP contribution in [0.3, 0.4) is 0 Å². The molecule has 2 aromatic rings. The van der Waals surface area contributed by atoms with E-state index < -0.39 is 0 Å². The predicted octanol–water partition coefficient (Wildman–Crippen LogP) is 5.66. The molecule has 0 aliphatic rings. The van der Waals surface area contributed by atoms with E-state index in [1.54, 1.807) is 0 Å². The molecule has 0 saturated heterocycles. The fraction of sp³-hybridized carbons (Fsp3) is 0.455. The van der Waals surface area contributed by atoms with E-state index >= 15 is 0 Å². The summed E-state index contributed by atoms with van der Waals surface area (Å²) < 4.78 is 11.7. The van der Waals surface area contributed by atoms with Gasteiger partial charge in [-0.05, 0) is 48.2 Å². The maximum Gasteiger partial charge on any atom is 0.142 e. The predicted molar refractivity (Wildman–Crippen MR) is 111 cm³/mol. The third-order valence-electron chi connectivity index (χ3n) is 4.37. The third-order valence-corrected chi connectivity index (χ3v) is 4.37. The zero-order chi connectivity index (χ0) is 18.8. The Morgan fingerprint density at radius 3 is 1.46 bits per heavy atom. The summed E-state index contributed by atoms with van der Waals surface area (Å²) in [7, 11) is 0. The molecule has 0 heterocycles. The molecule has 2 aromatic carbocycles. The van der Waals surface area contributed by atoms with Gasteiger partial charge in [0.05, 0.1) is 24.6 Å². The first-order valence-corrected chi connectivity index (χ1v) is 9.70. The molecule has 142 valence electrons. The van der Waals surface area contributed by atoms with Gasteiger partial charge < -0.3 is 20.9 Å². The molecule has 0 fully saturated rings. The van der Waals surface area contributed by atoms with Crippen molar-refractivity contribution in [3.05, 3.63) is 36.4 Å². The highest BCUT2D eigenvalue weighted by atomic mass is 16.5. The summed E-state index contributed by atoms with van der Waals surface area (Å²) in [6.45, 7) is 5.74. The Bertz CT molecular complexity index is 626. The van der Waals surface area contributed by atoms with Crippen LogP contribution in [-0.4, -0.2) is 13.2 Å². The molecule has 2 rings (SSSR count). The van der Waals surface area contributed by atoms with Crippen molar-refractivity contribution in [2.75, 3.05) is 24.7 Å². The van der Waals surface area contributed by atoms with Crippen LogP contribution in [0.25, 0.3) is 11.1 Å². The van der Waals surface area contributed by atoms with Gasteiger partial charge in [0.25, 0.3) is 0 Å². The molecule has 0 amide bonds. The second-order valence-corrected chi connectivity index (χ2v) is 6.62. The number of anilines is 2. The quantitative estimate of drug-likeness (QED) is 0.403. The lowest BCUT2D eigenvalue weighted by Gasteiger charge is -2.13. The average Bonchev–Trinajstić information content (AvgIpc) is 2.65. The van der Waals surface area contributed by atoms with E-state index in [0.29, 0.717) is 24.6 Å². The number of hydrogen-bond donors (Lipinski definition) is 2. The second kappa shape index (κ2) is 10.6. The second-order valence-electron chi connectivity index (χ2n) is 6.62. The van der Waals surface area contributed by atoms with Gasteiger partial charge >= 0.3 is 0 Å². The molecule has 0 atom stereocenters. The van der Waals surface area contributed by atoms with Gasteiger partial charge in [0.15, 0.2) is 0 Å². The first kappa shape index (κ1) is 20.0. The highest BCUT2D eigenvalue weighted by Gasteiger charge is 2.08. The van der Waals surface area contributed by atoms with E-state index in [2.05, 4.69) is 13.8 Å². The lowest BCUT2D eigenvalue weighted by atomic mass is 10.0. The summed E-state index contributed by atoms with van der Waals surface area (Å²) in [5.41, 5.74) is 15.5. The van der Waals surface area contributed by atoms with Gasteiger partial charge in [-0.15, -0.1) is 0 Å². The topological polar surface area (TPSA) is 70.5 Å². The van der Waals surface area contributed by atoms with Crippen molar-refractivity contribution in [1.29, 1.82) is 0 Å². The maximum atomic E-state index is 6.06. The lowest BCUT2D eigenvalue weighted by Crippen LogP contribution is -2.01. The molecule has 4 nitrogen and oxygen atoms in total. The highest BCUT2D eigenvalue weighted by molar-refractivity contribution is 5.73. The Hall–Kier alpha value is -2.36. The van der Waals surface area contributed by atoms with Crippen molar-refractivity contribution in [2.24, 2.45) is 0 Å². The molecule has 0 aliphatic heterocycles. The SMILES string of the molecule is CCCCCOc1cc(-c2ccc(N)c(OCCCCC)c2)ccc1N. The summed E-state index contributed by atoms with van der Waals surface area (Å²) in [5.74, 6) is 1.47. The Kier molecular flexibility index (Phi) is 8.13. The highest BCUT2D eigenvalue weighted by Crippen LogP contribution is 2.33. The van der Waals surface area contributed by atoms with Crippen molar-refractivity contribution in [1.82, 2.24) is 0 Å². The van der Waals surface area contributed by atoms with E-state index in [1.807, 2.05) is 36.4 Å². The third kappa shape index (κ3) is 5.87. The van der Waals surface area contributed by atoms with Crippen LogP contribution in [0.15, 0.2) is 36.4 Å². The molecule has 0 saturated carbocycles. The van der Waals surface area contributed by atoms with Crippen molar-refractivity contribution < 1.29 is 9.47 Å². The number of unbranched alkanes of at least 4 members (excludes halogenated alkanes) is 4. The van der Waals surface area contributed by atoms with Crippen LogP contribution in [0, 0.1) is 0 Å². The number of ether oxygens (including phenoxy) is 2. The minimum atomic E-state index is 0.664. The monoisotopic (exact) mass is 356 g/mol. The first-order valence-electron chi connectivity index (χ1n) is 9.70. The van der Waals surface area contributed by atoms with Gasteiger partial charge in [-0.1, -0.05) is 51.7 Å². The largest absolute Gasteiger partial charge is 0.491 e. The number of nitrogen functional groups attached to an aromatic ring is 2. The summed E-state index contributed by atoms with van der Waals surface area (Å²) >= 11 is 0. The Morgan fingerprint density at radius 1 is 0.654 bits per heavy atom. The maximum absolute atomic E-state index is 6.06. The van der Waals surface area contributed by atoms with Gasteiger partial charge in [0.1, 0.15) is 11.5 Å². The molecule has 0 aromatic heterocycles. The van der Waals surface area contributed by atoms with Crippen LogP contribution in [0.5, 0.6) is 11.5 Å². The van der Waals surface area contributed by atoms with Crippen LogP contribution in [0.1, 0.15) is 52.4 Å². The number of benzene rings is 2. The number of rotatable bonds is 11. The summed E-state index contributed by atoms with van der Waals surface area (Å²) in [6.07, 6.45) is 6.75. The molecule has 0 unspecified atom stereocenters. The Morgan fingerprint density at radius 2 is 1.08 bits per heavy atom. The smallest absolute Gasteiger partial charge is 0.142 e. The number of nitrogens with two attached hydrogens (primary N) is 2. The first-order chi connectivity index (χ1) is 12.7. The molecule has 0 aliphatic carbocycles. The molecule has 26 heavy (non-hydrogen) atoms. The Balaban J connectivity index is 2.11.